The zero-order chi connectivity index (χ0) is 13.5. The third kappa shape index (κ3) is 5.19. The fourth-order valence-electron chi connectivity index (χ4n) is 1.85. The van der Waals surface area contributed by atoms with Gasteiger partial charge in [-0.25, -0.2) is 4.98 Å². The van der Waals surface area contributed by atoms with Crippen LogP contribution in [0.1, 0.15) is 12.0 Å². The third-order valence-electron chi connectivity index (χ3n) is 2.76. The first kappa shape index (κ1) is 14.3. The summed E-state index contributed by atoms with van der Waals surface area (Å²) >= 11 is 7.31. The molecule has 0 radical (unpaired) electrons. The van der Waals surface area contributed by atoms with E-state index in [1.54, 1.807) is 11.3 Å². The Morgan fingerprint density at radius 2 is 2.11 bits per heavy atom. The summed E-state index contributed by atoms with van der Waals surface area (Å²) in [6.07, 6.45) is 1.08. The Morgan fingerprint density at radius 1 is 1.32 bits per heavy atom. The molecule has 2 aromatic rings. The maximum absolute atomic E-state index is 5.77. The van der Waals surface area contributed by atoms with Crippen LogP contribution in [0.15, 0.2) is 35.7 Å². The van der Waals surface area contributed by atoms with Crippen LogP contribution >= 0.6 is 22.9 Å². The average Bonchev–Trinajstić information content (AvgIpc) is 2.82. The second-order valence-corrected chi connectivity index (χ2v) is 5.72. The fraction of sp³-hybridized carbons (Fsp3) is 0.357. The molecule has 0 aliphatic heterocycles. The summed E-state index contributed by atoms with van der Waals surface area (Å²) < 4.78 is 0. The maximum atomic E-state index is 5.77. The zero-order valence-electron chi connectivity index (χ0n) is 11.0. The molecule has 0 spiro atoms. The van der Waals surface area contributed by atoms with Crippen molar-refractivity contribution in [2.24, 2.45) is 0 Å². The van der Waals surface area contributed by atoms with Gasteiger partial charge in [-0.1, -0.05) is 41.9 Å². The normalized spacial score (nSPS) is 10.9. The molecule has 0 saturated carbocycles. The van der Waals surface area contributed by atoms with E-state index < -0.39 is 0 Å². The Hall–Kier alpha value is -1.10. The Balaban J connectivity index is 1.63. The number of hydrogen-bond acceptors (Lipinski definition) is 4. The summed E-state index contributed by atoms with van der Waals surface area (Å²) in [5.41, 5.74) is 1.35. The second kappa shape index (κ2) is 7.48. The van der Waals surface area contributed by atoms with Crippen molar-refractivity contribution in [1.29, 1.82) is 0 Å². The quantitative estimate of drug-likeness (QED) is 0.789. The van der Waals surface area contributed by atoms with Crippen molar-refractivity contribution in [3.8, 4) is 0 Å². The molecule has 0 amide bonds. The van der Waals surface area contributed by atoms with Gasteiger partial charge in [-0.05, 0) is 25.6 Å². The molecule has 1 aromatic heterocycles. The lowest BCUT2D eigenvalue weighted by atomic mass is 10.2. The highest BCUT2D eigenvalue weighted by molar-refractivity contribution is 7.14. The summed E-state index contributed by atoms with van der Waals surface area (Å²) in [6, 6.07) is 10.5. The predicted octanol–water partition coefficient (Wildman–Crippen LogP) is 3.73. The Morgan fingerprint density at radius 3 is 2.79 bits per heavy atom. The lowest BCUT2D eigenvalue weighted by Crippen LogP contribution is -2.21. The number of nitrogens with zero attached hydrogens (tertiary/aromatic N) is 2. The smallest absolute Gasteiger partial charge is 0.184 e. The lowest BCUT2D eigenvalue weighted by molar-refractivity contribution is 0.325. The van der Waals surface area contributed by atoms with Gasteiger partial charge in [0.1, 0.15) is 5.15 Å². The number of anilines is 1. The number of thiazole rings is 1. The summed E-state index contributed by atoms with van der Waals surface area (Å²) in [6.45, 7) is 2.97. The molecule has 0 unspecified atom stereocenters. The molecule has 1 N–H and O–H groups in total. The average molecular weight is 296 g/mol. The van der Waals surface area contributed by atoms with Crippen LogP contribution in [0.2, 0.25) is 5.15 Å². The van der Waals surface area contributed by atoms with E-state index in [2.05, 4.69) is 46.5 Å². The van der Waals surface area contributed by atoms with E-state index >= 15 is 0 Å². The molecule has 0 aliphatic carbocycles. The predicted molar refractivity (Wildman–Crippen MR) is 83.0 cm³/mol. The molecule has 0 aliphatic rings. The summed E-state index contributed by atoms with van der Waals surface area (Å²) in [4.78, 5) is 6.48. The van der Waals surface area contributed by atoms with Crippen LogP contribution in [0.25, 0.3) is 0 Å². The second-order valence-electron chi connectivity index (χ2n) is 4.48. The number of halogens is 1. The van der Waals surface area contributed by atoms with Gasteiger partial charge in [0.2, 0.25) is 0 Å². The monoisotopic (exact) mass is 295 g/mol. The number of rotatable bonds is 7. The number of aromatic nitrogens is 1. The number of benzene rings is 1. The molecule has 0 saturated heterocycles. The minimum Gasteiger partial charge on any atom is -0.361 e. The van der Waals surface area contributed by atoms with Crippen LogP contribution < -0.4 is 5.32 Å². The van der Waals surface area contributed by atoms with Crippen LogP contribution in [0.4, 0.5) is 5.13 Å². The van der Waals surface area contributed by atoms with E-state index in [-0.39, 0.29) is 0 Å². The van der Waals surface area contributed by atoms with E-state index in [4.69, 9.17) is 11.6 Å². The summed E-state index contributed by atoms with van der Waals surface area (Å²) in [5.74, 6) is 0. The molecule has 0 atom stereocenters. The Labute approximate surface area is 123 Å². The molecular formula is C14H18ClN3S. The van der Waals surface area contributed by atoms with Crippen LogP contribution in [0.3, 0.4) is 0 Å². The fourth-order valence-corrected chi connectivity index (χ4v) is 2.72. The van der Waals surface area contributed by atoms with Gasteiger partial charge in [-0.2, -0.15) is 0 Å². The molecule has 5 heteroatoms. The zero-order valence-corrected chi connectivity index (χ0v) is 12.5. The largest absolute Gasteiger partial charge is 0.361 e. The minimum atomic E-state index is 0.564. The number of nitrogens with one attached hydrogen (secondary N) is 1. The molecule has 0 fully saturated rings. The van der Waals surface area contributed by atoms with Crippen LogP contribution in [-0.4, -0.2) is 30.0 Å². The molecular weight excluding hydrogens is 278 g/mol. The van der Waals surface area contributed by atoms with E-state index in [9.17, 15) is 0 Å². The van der Waals surface area contributed by atoms with Crippen molar-refractivity contribution in [2.75, 3.05) is 25.5 Å². The van der Waals surface area contributed by atoms with Crippen molar-refractivity contribution < 1.29 is 0 Å². The van der Waals surface area contributed by atoms with Gasteiger partial charge in [0.15, 0.2) is 5.13 Å². The topological polar surface area (TPSA) is 28.2 Å². The summed E-state index contributed by atoms with van der Waals surface area (Å²) in [7, 11) is 2.15. The van der Waals surface area contributed by atoms with Gasteiger partial charge < -0.3 is 10.2 Å². The van der Waals surface area contributed by atoms with Gasteiger partial charge in [0.25, 0.3) is 0 Å². The van der Waals surface area contributed by atoms with Gasteiger partial charge in [0, 0.05) is 18.5 Å². The highest BCUT2D eigenvalue weighted by Crippen LogP contribution is 2.18. The van der Waals surface area contributed by atoms with Crippen molar-refractivity contribution in [1.82, 2.24) is 9.88 Å². The summed E-state index contributed by atoms with van der Waals surface area (Å²) in [5, 5.41) is 6.58. The van der Waals surface area contributed by atoms with Crippen molar-refractivity contribution in [3.05, 3.63) is 46.4 Å². The van der Waals surface area contributed by atoms with Gasteiger partial charge >= 0.3 is 0 Å². The molecule has 3 nitrogen and oxygen atoms in total. The Bertz CT molecular complexity index is 486. The van der Waals surface area contributed by atoms with Crippen molar-refractivity contribution >= 4 is 28.1 Å². The van der Waals surface area contributed by atoms with Crippen LogP contribution in [0, 0.1) is 0 Å². The molecule has 102 valence electrons. The van der Waals surface area contributed by atoms with E-state index in [0.717, 1.165) is 31.2 Å². The third-order valence-corrected chi connectivity index (χ3v) is 3.89. The highest BCUT2D eigenvalue weighted by Gasteiger charge is 2.01. The molecule has 1 heterocycles. The first-order valence-corrected chi connectivity index (χ1v) is 7.57. The standard InChI is InChI=1S/C14H18ClN3S/c1-18(10-12-6-3-2-4-7-12)9-5-8-16-14-17-13(15)11-19-14/h2-4,6-7,11H,5,8-10H2,1H3,(H,16,17). The first-order chi connectivity index (χ1) is 9.24. The highest BCUT2D eigenvalue weighted by atomic mass is 35.5. The molecule has 2 rings (SSSR count). The first-order valence-electron chi connectivity index (χ1n) is 6.31. The van der Waals surface area contributed by atoms with Crippen LogP contribution in [-0.2, 0) is 6.54 Å². The van der Waals surface area contributed by atoms with Gasteiger partial charge in [-0.15, -0.1) is 11.3 Å². The van der Waals surface area contributed by atoms with Crippen molar-refractivity contribution in [2.45, 2.75) is 13.0 Å². The van der Waals surface area contributed by atoms with Gasteiger partial charge in [-0.3, -0.25) is 0 Å². The Kier molecular flexibility index (Phi) is 5.63. The van der Waals surface area contributed by atoms with E-state index in [1.807, 2.05) is 11.4 Å². The molecule has 1 aromatic carbocycles. The SMILES string of the molecule is CN(CCCNc1nc(Cl)cs1)Cc1ccccc1. The molecule has 19 heavy (non-hydrogen) atoms. The van der Waals surface area contributed by atoms with Crippen molar-refractivity contribution in [3.63, 3.8) is 0 Å². The maximum Gasteiger partial charge on any atom is 0.184 e. The van der Waals surface area contributed by atoms with E-state index in [0.29, 0.717) is 5.15 Å². The minimum absolute atomic E-state index is 0.564. The lowest BCUT2D eigenvalue weighted by Gasteiger charge is -2.16. The number of hydrogen-bond donors (Lipinski definition) is 1. The molecule has 0 bridgehead atoms. The van der Waals surface area contributed by atoms with Crippen LogP contribution in [0.5, 0.6) is 0 Å². The van der Waals surface area contributed by atoms with Gasteiger partial charge in [0.05, 0.1) is 0 Å². The van der Waals surface area contributed by atoms with E-state index in [1.165, 1.54) is 5.56 Å².